The largest absolute Gasteiger partial charge is 0.756 e. The number of nitrogens with one attached hydrogen (secondary N) is 1. The number of phosphoric ester groups is 1. The van der Waals surface area contributed by atoms with Gasteiger partial charge in [-0.1, -0.05) is 252 Å². The van der Waals surface area contributed by atoms with E-state index in [0.717, 1.165) is 122 Å². The molecule has 0 spiro atoms. The summed E-state index contributed by atoms with van der Waals surface area (Å²) < 4.78 is 30.3. The van der Waals surface area contributed by atoms with Crippen molar-refractivity contribution in [1.82, 2.24) is 5.32 Å². The van der Waals surface area contributed by atoms with Gasteiger partial charge in [-0.3, -0.25) is 14.2 Å². The molecular weight excluding hydrogens is 1010 g/mol. The fourth-order valence-electron chi connectivity index (χ4n) is 8.72. The number of quaternary nitrogens is 1. The average Bonchev–Trinajstić information content (AvgIpc) is 3.42. The first-order valence-electron chi connectivity index (χ1n) is 32.3. The van der Waals surface area contributed by atoms with E-state index >= 15 is 0 Å². The van der Waals surface area contributed by atoms with Crippen LogP contribution in [0.3, 0.4) is 0 Å². The summed E-state index contributed by atoms with van der Waals surface area (Å²) in [5.41, 5.74) is 0. The van der Waals surface area contributed by atoms with Gasteiger partial charge in [0.15, 0.2) is 0 Å². The van der Waals surface area contributed by atoms with Gasteiger partial charge in [0.05, 0.1) is 33.8 Å². The van der Waals surface area contributed by atoms with Crippen LogP contribution < -0.4 is 10.2 Å². The van der Waals surface area contributed by atoms with Crippen LogP contribution in [0.5, 0.6) is 0 Å². The van der Waals surface area contributed by atoms with Gasteiger partial charge in [-0.05, 0) is 115 Å². The standard InChI is InChI=1S/C70H121N2O7P/c1-7-10-13-16-19-22-25-28-30-32-33-34-35-36-37-38-39-40-42-45-48-51-54-57-60-63-70(74)79-68(61-58-55-52-49-46-43-27-24-21-18-15-12-9-3)67(66-78-80(75,76)77-65-64-72(4,5)6)71-69(73)62-59-56-53-50-47-44-41-31-29-26-23-20-17-14-11-8-2/h10-11,13-14,19-20,22-23,28-31,33-34,36-37,44,47,58,61,67-68H,7-9,12,15-18,21,24-27,32,35,38-43,45-46,48-57,59-60,62-66H2,1-6H3,(H-,71,73,75,76)/b13-10-,14-11+,22-19-,23-20+,30-28-,31-29+,34-33-,37-36-,47-44+,61-58-. The molecule has 3 unspecified atom stereocenters. The maximum atomic E-state index is 13.5. The summed E-state index contributed by atoms with van der Waals surface area (Å²) in [7, 11) is 1.14. The lowest BCUT2D eigenvalue weighted by atomic mass is 10.0. The lowest BCUT2D eigenvalue weighted by Gasteiger charge is -2.30. The Bertz CT molecular complexity index is 1780. The minimum absolute atomic E-state index is 0.0358. The van der Waals surface area contributed by atoms with Crippen LogP contribution >= 0.6 is 7.82 Å². The van der Waals surface area contributed by atoms with Crippen molar-refractivity contribution in [2.24, 2.45) is 0 Å². The van der Waals surface area contributed by atoms with Gasteiger partial charge >= 0.3 is 5.97 Å². The number of hydrogen-bond acceptors (Lipinski definition) is 7. The van der Waals surface area contributed by atoms with Gasteiger partial charge in [0.1, 0.15) is 19.3 Å². The van der Waals surface area contributed by atoms with E-state index in [1.165, 1.54) is 89.9 Å². The number of allylic oxidation sites excluding steroid dienone is 19. The summed E-state index contributed by atoms with van der Waals surface area (Å²) in [5, 5.41) is 3.01. The Morgan fingerprint density at radius 2 is 0.800 bits per heavy atom. The number of unbranched alkanes of at least 4 members (excludes halogenated alkanes) is 23. The minimum Gasteiger partial charge on any atom is -0.756 e. The number of hydrogen-bond donors (Lipinski definition) is 1. The highest BCUT2D eigenvalue weighted by atomic mass is 31.2. The molecule has 0 aliphatic rings. The number of ether oxygens (including phenoxy) is 1. The topological polar surface area (TPSA) is 114 Å². The number of nitrogens with zero attached hydrogens (tertiary/aromatic N) is 1. The van der Waals surface area contributed by atoms with Gasteiger partial charge < -0.3 is 28.5 Å². The zero-order valence-corrected chi connectivity index (χ0v) is 53.1. The van der Waals surface area contributed by atoms with E-state index < -0.39 is 26.6 Å². The molecule has 0 aliphatic carbocycles. The van der Waals surface area contributed by atoms with E-state index in [1.54, 1.807) is 0 Å². The smallest absolute Gasteiger partial charge is 0.306 e. The number of phosphoric acid groups is 1. The number of carbonyl (C=O) groups excluding carboxylic acids is 2. The molecule has 3 atom stereocenters. The zero-order valence-electron chi connectivity index (χ0n) is 52.2. The van der Waals surface area contributed by atoms with Crippen LogP contribution in [0.25, 0.3) is 0 Å². The predicted molar refractivity (Wildman–Crippen MR) is 343 cm³/mol. The van der Waals surface area contributed by atoms with Crippen LogP contribution in [-0.2, 0) is 27.9 Å². The lowest BCUT2D eigenvalue weighted by Crippen LogP contribution is -2.47. The molecule has 10 heteroatoms. The molecular formula is C70H121N2O7P. The average molecular weight is 1130 g/mol. The summed E-state index contributed by atoms with van der Waals surface area (Å²) >= 11 is 0. The molecule has 0 aliphatic heterocycles. The predicted octanol–water partition coefficient (Wildman–Crippen LogP) is 19.6. The molecule has 0 aromatic rings. The van der Waals surface area contributed by atoms with Crippen molar-refractivity contribution in [3.05, 3.63) is 122 Å². The summed E-state index contributed by atoms with van der Waals surface area (Å²) in [6.45, 7) is 6.58. The highest BCUT2D eigenvalue weighted by Crippen LogP contribution is 2.38. The third-order valence-electron chi connectivity index (χ3n) is 13.6. The van der Waals surface area contributed by atoms with Crippen LogP contribution in [0.1, 0.15) is 258 Å². The molecule has 0 radical (unpaired) electrons. The van der Waals surface area contributed by atoms with Crippen molar-refractivity contribution in [3.63, 3.8) is 0 Å². The molecule has 1 amide bonds. The van der Waals surface area contributed by atoms with Crippen LogP contribution in [0.2, 0.25) is 0 Å². The van der Waals surface area contributed by atoms with Crippen molar-refractivity contribution in [3.8, 4) is 0 Å². The molecule has 0 bridgehead atoms. The Morgan fingerprint density at radius 3 is 1.21 bits per heavy atom. The number of likely N-dealkylation sites (N-methyl/N-ethyl adjacent to an activating group) is 1. The maximum Gasteiger partial charge on any atom is 0.306 e. The van der Waals surface area contributed by atoms with Gasteiger partial charge in [-0.15, -0.1) is 0 Å². The Kier molecular flexibility index (Phi) is 56.0. The molecule has 0 fully saturated rings. The second-order valence-electron chi connectivity index (χ2n) is 22.5. The van der Waals surface area contributed by atoms with Crippen molar-refractivity contribution >= 4 is 19.7 Å². The molecule has 0 rings (SSSR count). The van der Waals surface area contributed by atoms with E-state index in [0.29, 0.717) is 23.9 Å². The molecule has 9 nitrogen and oxygen atoms in total. The van der Waals surface area contributed by atoms with Crippen molar-refractivity contribution in [2.45, 2.75) is 270 Å². The van der Waals surface area contributed by atoms with Gasteiger partial charge in [-0.2, -0.15) is 0 Å². The molecule has 0 aromatic carbocycles. The Balaban J connectivity index is 5.24. The maximum absolute atomic E-state index is 13.5. The van der Waals surface area contributed by atoms with E-state index in [4.69, 9.17) is 13.8 Å². The Labute approximate surface area is 493 Å². The second kappa shape index (κ2) is 58.6. The summed E-state index contributed by atoms with van der Waals surface area (Å²) in [5.74, 6) is -0.590. The monoisotopic (exact) mass is 1130 g/mol. The van der Waals surface area contributed by atoms with Gasteiger partial charge in [0, 0.05) is 12.8 Å². The van der Waals surface area contributed by atoms with Crippen molar-refractivity contribution in [1.29, 1.82) is 0 Å². The molecule has 0 saturated heterocycles. The summed E-state index contributed by atoms with van der Waals surface area (Å²) in [6, 6.07) is -0.916. The first kappa shape index (κ1) is 76.4. The van der Waals surface area contributed by atoms with Crippen LogP contribution in [-0.4, -0.2) is 69.4 Å². The van der Waals surface area contributed by atoms with E-state index in [9.17, 15) is 19.0 Å². The van der Waals surface area contributed by atoms with E-state index in [2.05, 4.69) is 135 Å². The third kappa shape index (κ3) is 59.0. The first-order chi connectivity index (χ1) is 38.9. The molecule has 0 saturated carbocycles. The van der Waals surface area contributed by atoms with E-state index in [1.807, 2.05) is 33.3 Å². The van der Waals surface area contributed by atoms with Gasteiger partial charge in [-0.25, -0.2) is 0 Å². The zero-order chi connectivity index (χ0) is 58.6. The Hall–Kier alpha value is -3.59. The molecule has 458 valence electrons. The number of carbonyl (C=O) groups is 2. The van der Waals surface area contributed by atoms with E-state index in [-0.39, 0.29) is 31.3 Å². The van der Waals surface area contributed by atoms with Gasteiger partial charge in [0.25, 0.3) is 7.82 Å². The van der Waals surface area contributed by atoms with Crippen LogP contribution in [0.4, 0.5) is 0 Å². The van der Waals surface area contributed by atoms with Gasteiger partial charge in [0.2, 0.25) is 5.91 Å². The highest BCUT2D eigenvalue weighted by molar-refractivity contribution is 7.45. The second-order valence-corrected chi connectivity index (χ2v) is 23.9. The van der Waals surface area contributed by atoms with Crippen LogP contribution in [0, 0.1) is 0 Å². The highest BCUT2D eigenvalue weighted by Gasteiger charge is 2.27. The molecule has 80 heavy (non-hydrogen) atoms. The lowest BCUT2D eigenvalue weighted by molar-refractivity contribution is -0.870. The number of esters is 1. The summed E-state index contributed by atoms with van der Waals surface area (Å²) in [4.78, 5) is 40.1. The number of amides is 1. The Morgan fingerprint density at radius 1 is 0.450 bits per heavy atom. The molecule has 0 heterocycles. The minimum atomic E-state index is -4.72. The normalized spacial score (nSPS) is 14.4. The molecule has 0 aromatic heterocycles. The SMILES string of the molecule is CC/C=C\C/C=C\C/C=C\C/C=C\C/C=C\CCCCCCCCCCCC(=O)OC(/C=C\CCCCCCCCCCCCC)C(COP(=O)([O-])OCC[N+](C)(C)C)NC(=O)CCCCC/C=C/C/C=C/C/C=C/C/C=C/CC. The quantitative estimate of drug-likeness (QED) is 0.0212. The third-order valence-corrected chi connectivity index (χ3v) is 14.6. The fraction of sp³-hybridized carbons (Fsp3) is 0.686. The number of rotatable bonds is 57. The van der Waals surface area contributed by atoms with Crippen molar-refractivity contribution in [2.75, 3.05) is 40.9 Å². The molecule has 1 N–H and O–H groups in total. The fourth-order valence-corrected chi connectivity index (χ4v) is 9.44. The van der Waals surface area contributed by atoms with Crippen LogP contribution in [0.15, 0.2) is 122 Å². The summed E-state index contributed by atoms with van der Waals surface area (Å²) in [6.07, 6.45) is 81.7. The van der Waals surface area contributed by atoms with Crippen molar-refractivity contribution < 1.29 is 37.3 Å². The first-order valence-corrected chi connectivity index (χ1v) is 33.8.